The molecule has 0 bridgehead atoms. The summed E-state index contributed by atoms with van der Waals surface area (Å²) in [6.07, 6.45) is 16.1. The molecular formula is C26H37NSi. The lowest BCUT2D eigenvalue weighted by Gasteiger charge is -2.26. The minimum absolute atomic E-state index is 0.767. The molecule has 0 aliphatic heterocycles. The van der Waals surface area contributed by atoms with Gasteiger partial charge in [-0.25, -0.2) is 0 Å². The van der Waals surface area contributed by atoms with Crippen LogP contribution in [0.25, 0.3) is 11.3 Å². The molecule has 0 atom stereocenters. The summed E-state index contributed by atoms with van der Waals surface area (Å²) in [5, 5.41) is 1.58. The molecule has 1 aromatic carbocycles. The first kappa shape index (κ1) is 19.9. The van der Waals surface area contributed by atoms with Gasteiger partial charge in [-0.05, 0) is 59.5 Å². The number of nitrogens with zero attached hydrogens (tertiary/aromatic N) is 1. The zero-order valence-electron chi connectivity index (χ0n) is 18.1. The van der Waals surface area contributed by atoms with Crippen LogP contribution < -0.4 is 5.19 Å². The first-order valence-corrected chi connectivity index (χ1v) is 15.1. The topological polar surface area (TPSA) is 12.9 Å². The Morgan fingerprint density at radius 2 is 1.61 bits per heavy atom. The number of aromatic nitrogens is 1. The molecular weight excluding hydrogens is 354 g/mol. The van der Waals surface area contributed by atoms with E-state index in [0.29, 0.717) is 0 Å². The van der Waals surface area contributed by atoms with Crippen molar-refractivity contribution in [3.05, 3.63) is 47.7 Å². The molecule has 2 aliphatic carbocycles. The van der Waals surface area contributed by atoms with Gasteiger partial charge in [-0.2, -0.15) is 0 Å². The van der Waals surface area contributed by atoms with Crippen molar-refractivity contribution in [3.8, 4) is 11.3 Å². The van der Waals surface area contributed by atoms with Crippen molar-refractivity contribution in [2.75, 3.05) is 0 Å². The van der Waals surface area contributed by atoms with Gasteiger partial charge in [0.05, 0.1) is 13.8 Å². The van der Waals surface area contributed by atoms with Crippen LogP contribution in [0.15, 0.2) is 36.5 Å². The van der Waals surface area contributed by atoms with E-state index in [-0.39, 0.29) is 0 Å². The predicted octanol–water partition coefficient (Wildman–Crippen LogP) is 7.07. The molecule has 2 saturated carbocycles. The number of rotatable bonds is 5. The van der Waals surface area contributed by atoms with Gasteiger partial charge in [0.1, 0.15) is 0 Å². The molecule has 2 aromatic rings. The molecule has 0 spiro atoms. The monoisotopic (exact) mass is 391 g/mol. The van der Waals surface area contributed by atoms with Crippen LogP contribution in [-0.2, 0) is 6.42 Å². The van der Waals surface area contributed by atoms with E-state index in [1.165, 1.54) is 81.0 Å². The summed E-state index contributed by atoms with van der Waals surface area (Å²) >= 11 is 0. The SMILES string of the molecule is C[Si](C)(C)c1cnc(-c2cccc(C3CCCC3)c2)cc1CC1CCCCC1. The fourth-order valence-electron chi connectivity index (χ4n) is 5.41. The number of benzene rings is 1. The Labute approximate surface area is 173 Å². The van der Waals surface area contributed by atoms with Crippen LogP contribution in [0, 0.1) is 5.92 Å². The van der Waals surface area contributed by atoms with Crippen molar-refractivity contribution >= 4 is 13.3 Å². The molecule has 0 amide bonds. The third-order valence-electron chi connectivity index (χ3n) is 7.04. The largest absolute Gasteiger partial charge is 0.256 e. The molecule has 28 heavy (non-hydrogen) atoms. The average molecular weight is 392 g/mol. The van der Waals surface area contributed by atoms with Crippen LogP contribution in [0.4, 0.5) is 0 Å². The molecule has 0 unspecified atom stereocenters. The molecule has 1 heterocycles. The first-order valence-electron chi connectivity index (χ1n) is 11.6. The average Bonchev–Trinajstić information content (AvgIpc) is 3.23. The van der Waals surface area contributed by atoms with Gasteiger partial charge < -0.3 is 0 Å². The van der Waals surface area contributed by atoms with Crippen molar-refractivity contribution < 1.29 is 0 Å². The molecule has 2 heteroatoms. The van der Waals surface area contributed by atoms with Crippen LogP contribution in [0.3, 0.4) is 0 Å². The molecule has 1 nitrogen and oxygen atoms in total. The standard InChI is InChI=1S/C26H37NSi/c1-28(2,3)26-19-27-25(18-24(26)16-20-10-5-4-6-11-20)23-15-9-14-22(17-23)21-12-7-8-13-21/h9,14-15,17-21H,4-8,10-13,16H2,1-3H3. The lowest BCUT2D eigenvalue weighted by Crippen LogP contribution is -2.41. The third-order valence-corrected chi connectivity index (χ3v) is 9.11. The summed E-state index contributed by atoms with van der Waals surface area (Å²) in [5.74, 6) is 1.65. The van der Waals surface area contributed by atoms with E-state index >= 15 is 0 Å². The zero-order chi connectivity index (χ0) is 19.6. The highest BCUT2D eigenvalue weighted by Gasteiger charge is 2.24. The van der Waals surface area contributed by atoms with Gasteiger partial charge in [-0.15, -0.1) is 0 Å². The minimum atomic E-state index is -1.38. The summed E-state index contributed by atoms with van der Waals surface area (Å²) in [6, 6.07) is 11.7. The van der Waals surface area contributed by atoms with Gasteiger partial charge >= 0.3 is 0 Å². The molecule has 0 saturated heterocycles. The summed E-state index contributed by atoms with van der Waals surface area (Å²) in [7, 11) is -1.38. The Morgan fingerprint density at radius 1 is 0.893 bits per heavy atom. The van der Waals surface area contributed by atoms with E-state index in [2.05, 4.69) is 56.2 Å². The zero-order valence-corrected chi connectivity index (χ0v) is 19.1. The molecule has 150 valence electrons. The van der Waals surface area contributed by atoms with Gasteiger partial charge in [0, 0.05) is 11.8 Å². The third kappa shape index (κ3) is 4.59. The summed E-state index contributed by atoms with van der Waals surface area (Å²) in [6.45, 7) is 7.40. The van der Waals surface area contributed by atoms with E-state index in [4.69, 9.17) is 4.98 Å². The van der Waals surface area contributed by atoms with Crippen molar-refractivity contribution in [1.82, 2.24) is 4.98 Å². The van der Waals surface area contributed by atoms with E-state index < -0.39 is 8.07 Å². The van der Waals surface area contributed by atoms with E-state index in [1.54, 1.807) is 10.8 Å². The fraction of sp³-hybridized carbons (Fsp3) is 0.577. The molecule has 0 radical (unpaired) electrons. The minimum Gasteiger partial charge on any atom is -0.256 e. The second-order valence-corrected chi connectivity index (χ2v) is 15.3. The second kappa shape index (κ2) is 8.53. The Hall–Kier alpha value is -1.41. The predicted molar refractivity (Wildman–Crippen MR) is 124 cm³/mol. The van der Waals surface area contributed by atoms with Gasteiger partial charge in [0.15, 0.2) is 0 Å². The quantitative estimate of drug-likeness (QED) is 0.496. The maximum absolute atomic E-state index is 4.97. The van der Waals surface area contributed by atoms with Crippen LogP contribution in [-0.4, -0.2) is 13.1 Å². The smallest absolute Gasteiger partial charge is 0.0799 e. The highest BCUT2D eigenvalue weighted by molar-refractivity contribution is 6.89. The fourth-order valence-corrected chi connectivity index (χ4v) is 7.00. The van der Waals surface area contributed by atoms with Gasteiger partial charge in [-0.1, -0.05) is 82.8 Å². The molecule has 2 aliphatic rings. The number of hydrogen-bond donors (Lipinski definition) is 0. The summed E-state index contributed by atoms with van der Waals surface area (Å²) in [4.78, 5) is 4.97. The highest BCUT2D eigenvalue weighted by Crippen LogP contribution is 2.35. The Kier molecular flexibility index (Phi) is 6.06. The lowest BCUT2D eigenvalue weighted by atomic mass is 9.85. The van der Waals surface area contributed by atoms with Crippen LogP contribution in [0.1, 0.15) is 74.8 Å². The number of hydrogen-bond acceptors (Lipinski definition) is 1. The van der Waals surface area contributed by atoms with Crippen molar-refractivity contribution in [2.24, 2.45) is 5.92 Å². The van der Waals surface area contributed by atoms with E-state index in [9.17, 15) is 0 Å². The molecule has 0 N–H and O–H groups in total. The Morgan fingerprint density at radius 3 is 2.32 bits per heavy atom. The first-order chi connectivity index (χ1) is 13.5. The number of pyridine rings is 1. The molecule has 2 fully saturated rings. The second-order valence-electron chi connectivity index (χ2n) is 10.3. The van der Waals surface area contributed by atoms with E-state index in [0.717, 1.165) is 11.8 Å². The van der Waals surface area contributed by atoms with Crippen molar-refractivity contribution in [1.29, 1.82) is 0 Å². The van der Waals surface area contributed by atoms with Crippen LogP contribution in [0.5, 0.6) is 0 Å². The summed E-state index contributed by atoms with van der Waals surface area (Å²) < 4.78 is 0. The molecule has 1 aromatic heterocycles. The van der Waals surface area contributed by atoms with Crippen molar-refractivity contribution in [3.63, 3.8) is 0 Å². The van der Waals surface area contributed by atoms with Gasteiger partial charge in [-0.3, -0.25) is 4.98 Å². The normalized spacial score (nSPS) is 19.2. The molecule has 4 rings (SSSR count). The van der Waals surface area contributed by atoms with Gasteiger partial charge in [0.2, 0.25) is 0 Å². The maximum Gasteiger partial charge on any atom is 0.0799 e. The Balaban J connectivity index is 1.66. The van der Waals surface area contributed by atoms with Gasteiger partial charge in [0.25, 0.3) is 0 Å². The van der Waals surface area contributed by atoms with Crippen LogP contribution in [0.2, 0.25) is 19.6 Å². The van der Waals surface area contributed by atoms with Crippen molar-refractivity contribution in [2.45, 2.75) is 89.8 Å². The highest BCUT2D eigenvalue weighted by atomic mass is 28.3. The lowest BCUT2D eigenvalue weighted by molar-refractivity contribution is 0.357. The summed E-state index contributed by atoms with van der Waals surface area (Å²) in [5.41, 5.74) is 5.63. The van der Waals surface area contributed by atoms with E-state index in [1.807, 2.05) is 0 Å². The Bertz CT molecular complexity index is 792. The van der Waals surface area contributed by atoms with Crippen LogP contribution >= 0.6 is 0 Å². The maximum atomic E-state index is 4.97.